The van der Waals surface area contributed by atoms with E-state index in [0.29, 0.717) is 33.4 Å². The minimum Gasteiger partial charge on any atom is -0.497 e. The zero-order valence-corrected chi connectivity index (χ0v) is 16.9. The van der Waals surface area contributed by atoms with Crippen molar-refractivity contribution in [2.45, 2.75) is 19.9 Å². The normalized spacial score (nSPS) is 16.7. The molecule has 0 spiro atoms. The number of thiocarbonyl (C=S) groups is 1. The molecule has 7 heteroatoms. The molecular weight excluding hydrogens is 379 g/mol. The molecule has 1 aliphatic heterocycles. The molecule has 146 valence electrons. The summed E-state index contributed by atoms with van der Waals surface area (Å²) >= 11 is 5.55. The number of carbonyl (C=O) groups excluding carboxylic acids is 1. The number of ether oxygens (including phenoxy) is 2. The number of carbonyl (C=O) groups is 1. The summed E-state index contributed by atoms with van der Waals surface area (Å²) in [6.45, 7) is 3.46. The SMILES string of the molecule is COC(=O)C1=C(C)N(c2ccc(C)c(F)c2)C(=S)NC1c1ccc(OC)cc1. The van der Waals surface area contributed by atoms with Crippen LogP contribution in [0.2, 0.25) is 0 Å². The predicted molar refractivity (Wildman–Crippen MR) is 110 cm³/mol. The molecule has 2 aromatic carbocycles. The summed E-state index contributed by atoms with van der Waals surface area (Å²) in [4.78, 5) is 14.2. The van der Waals surface area contributed by atoms with E-state index in [-0.39, 0.29) is 5.82 Å². The minimum atomic E-state index is -0.489. The van der Waals surface area contributed by atoms with Crippen molar-refractivity contribution in [3.05, 3.63) is 70.7 Å². The molecular formula is C21H21FN2O3S. The summed E-state index contributed by atoms with van der Waals surface area (Å²) in [5.41, 5.74) is 2.89. The maximum Gasteiger partial charge on any atom is 0.337 e. The number of anilines is 1. The average Bonchev–Trinajstić information content (AvgIpc) is 2.69. The molecule has 2 aromatic rings. The molecule has 0 radical (unpaired) electrons. The van der Waals surface area contributed by atoms with E-state index in [0.717, 1.165) is 5.56 Å². The van der Waals surface area contributed by atoms with Crippen LogP contribution in [0.4, 0.5) is 10.1 Å². The number of hydrogen-bond acceptors (Lipinski definition) is 4. The van der Waals surface area contributed by atoms with Crippen LogP contribution in [0.15, 0.2) is 53.7 Å². The van der Waals surface area contributed by atoms with Gasteiger partial charge in [0.05, 0.1) is 31.5 Å². The largest absolute Gasteiger partial charge is 0.497 e. The number of nitrogens with one attached hydrogen (secondary N) is 1. The first kappa shape index (κ1) is 19.8. The van der Waals surface area contributed by atoms with Gasteiger partial charge >= 0.3 is 5.97 Å². The van der Waals surface area contributed by atoms with Crippen LogP contribution in [0.3, 0.4) is 0 Å². The van der Waals surface area contributed by atoms with Crippen molar-refractivity contribution in [1.29, 1.82) is 0 Å². The van der Waals surface area contributed by atoms with Crippen LogP contribution >= 0.6 is 12.2 Å². The summed E-state index contributed by atoms with van der Waals surface area (Å²) in [5.74, 6) is -0.116. The number of halogens is 1. The molecule has 0 aliphatic carbocycles. The molecule has 1 heterocycles. The number of hydrogen-bond donors (Lipinski definition) is 1. The van der Waals surface area contributed by atoms with E-state index in [2.05, 4.69) is 5.32 Å². The number of aryl methyl sites for hydroxylation is 1. The van der Waals surface area contributed by atoms with E-state index in [1.165, 1.54) is 13.2 Å². The molecule has 1 atom stereocenters. The van der Waals surface area contributed by atoms with Crippen molar-refractivity contribution < 1.29 is 18.7 Å². The lowest BCUT2D eigenvalue weighted by molar-refractivity contribution is -0.136. The number of esters is 1. The van der Waals surface area contributed by atoms with E-state index < -0.39 is 12.0 Å². The topological polar surface area (TPSA) is 50.8 Å². The Morgan fingerprint density at radius 3 is 2.39 bits per heavy atom. The second-order valence-electron chi connectivity index (χ2n) is 6.42. The fourth-order valence-corrected chi connectivity index (χ4v) is 3.56. The Labute approximate surface area is 168 Å². The van der Waals surface area contributed by atoms with Gasteiger partial charge in [0.25, 0.3) is 0 Å². The van der Waals surface area contributed by atoms with Crippen molar-refractivity contribution in [2.75, 3.05) is 19.1 Å². The Hall–Kier alpha value is -2.93. The van der Waals surface area contributed by atoms with E-state index in [9.17, 15) is 9.18 Å². The zero-order chi connectivity index (χ0) is 20.4. The van der Waals surface area contributed by atoms with Crippen LogP contribution < -0.4 is 15.0 Å². The minimum absolute atomic E-state index is 0.343. The van der Waals surface area contributed by atoms with Crippen molar-refractivity contribution in [3.8, 4) is 5.75 Å². The average molecular weight is 400 g/mol. The quantitative estimate of drug-likeness (QED) is 0.618. The molecule has 0 saturated heterocycles. The summed E-state index contributed by atoms with van der Waals surface area (Å²) in [6, 6.07) is 11.7. The van der Waals surface area contributed by atoms with Crippen LogP contribution in [0.25, 0.3) is 0 Å². The predicted octanol–water partition coefficient (Wildman–Crippen LogP) is 4.03. The molecule has 3 rings (SSSR count). The van der Waals surface area contributed by atoms with Crippen molar-refractivity contribution in [3.63, 3.8) is 0 Å². The van der Waals surface area contributed by atoms with Crippen molar-refractivity contribution >= 4 is 29.0 Å². The smallest absolute Gasteiger partial charge is 0.337 e. The third-order valence-electron chi connectivity index (χ3n) is 4.75. The number of nitrogens with zero attached hydrogens (tertiary/aromatic N) is 1. The number of rotatable bonds is 4. The van der Waals surface area contributed by atoms with Gasteiger partial charge in [-0.05, 0) is 61.5 Å². The Balaban J connectivity index is 2.11. The Morgan fingerprint density at radius 1 is 1.14 bits per heavy atom. The first-order chi connectivity index (χ1) is 13.4. The highest BCUT2D eigenvalue weighted by Gasteiger charge is 2.35. The summed E-state index contributed by atoms with van der Waals surface area (Å²) in [5, 5.41) is 3.55. The maximum atomic E-state index is 14.1. The van der Waals surface area contributed by atoms with E-state index >= 15 is 0 Å². The Morgan fingerprint density at radius 2 is 1.82 bits per heavy atom. The van der Waals surface area contributed by atoms with E-state index in [4.69, 9.17) is 21.7 Å². The Bertz CT molecular complexity index is 957. The van der Waals surface area contributed by atoms with Gasteiger partial charge in [0, 0.05) is 5.70 Å². The van der Waals surface area contributed by atoms with Gasteiger partial charge < -0.3 is 14.8 Å². The van der Waals surface area contributed by atoms with Crippen molar-refractivity contribution in [2.24, 2.45) is 0 Å². The van der Waals surface area contributed by atoms with E-state index in [1.54, 1.807) is 38.0 Å². The molecule has 0 amide bonds. The van der Waals surface area contributed by atoms with Gasteiger partial charge in [-0.15, -0.1) is 0 Å². The molecule has 0 fully saturated rings. The monoisotopic (exact) mass is 400 g/mol. The Kier molecular flexibility index (Phi) is 5.65. The zero-order valence-electron chi connectivity index (χ0n) is 16.1. The lowest BCUT2D eigenvalue weighted by Gasteiger charge is -2.37. The number of benzene rings is 2. The third kappa shape index (κ3) is 3.57. The first-order valence-electron chi connectivity index (χ1n) is 8.67. The molecule has 5 nitrogen and oxygen atoms in total. The van der Waals surface area contributed by atoms with Gasteiger partial charge in [0.2, 0.25) is 0 Å². The van der Waals surface area contributed by atoms with Crippen molar-refractivity contribution in [1.82, 2.24) is 5.32 Å². The van der Waals surface area contributed by atoms with Gasteiger partial charge in [-0.2, -0.15) is 0 Å². The van der Waals surface area contributed by atoms with Crippen LogP contribution in [0.5, 0.6) is 5.75 Å². The molecule has 1 unspecified atom stereocenters. The molecule has 0 aromatic heterocycles. The highest BCUT2D eigenvalue weighted by molar-refractivity contribution is 7.80. The lowest BCUT2D eigenvalue weighted by Crippen LogP contribution is -2.48. The van der Waals surface area contributed by atoms with Gasteiger partial charge in [-0.3, -0.25) is 4.90 Å². The number of allylic oxidation sites excluding steroid dienone is 1. The molecule has 1 aliphatic rings. The summed E-state index contributed by atoms with van der Waals surface area (Å²) < 4.78 is 24.3. The first-order valence-corrected chi connectivity index (χ1v) is 9.08. The maximum absolute atomic E-state index is 14.1. The second-order valence-corrected chi connectivity index (χ2v) is 6.80. The lowest BCUT2D eigenvalue weighted by atomic mass is 9.94. The van der Waals surface area contributed by atoms with Crippen LogP contribution in [0.1, 0.15) is 24.1 Å². The standard InChI is InChI=1S/C21H21FN2O3S/c1-12-5-8-15(11-17(12)22)24-13(2)18(20(25)27-4)19(23-21(24)28)14-6-9-16(26-3)10-7-14/h5-11,19H,1-4H3,(H,23,28). The van der Waals surface area contributed by atoms with Crippen LogP contribution in [-0.4, -0.2) is 25.3 Å². The fourth-order valence-electron chi connectivity index (χ4n) is 3.20. The highest BCUT2D eigenvalue weighted by atomic mass is 32.1. The molecule has 0 saturated carbocycles. The van der Waals surface area contributed by atoms with Crippen LogP contribution in [0, 0.1) is 12.7 Å². The second kappa shape index (κ2) is 7.98. The highest BCUT2D eigenvalue weighted by Crippen LogP contribution is 2.35. The van der Waals surface area contributed by atoms with E-state index in [1.807, 2.05) is 24.3 Å². The van der Waals surface area contributed by atoms with Gasteiger partial charge in [-0.1, -0.05) is 18.2 Å². The summed E-state index contributed by atoms with van der Waals surface area (Å²) in [6.07, 6.45) is 0. The summed E-state index contributed by atoms with van der Waals surface area (Å²) in [7, 11) is 2.92. The van der Waals surface area contributed by atoms with Gasteiger partial charge in [-0.25, -0.2) is 9.18 Å². The molecule has 1 N–H and O–H groups in total. The van der Waals surface area contributed by atoms with Gasteiger partial charge in [0.15, 0.2) is 5.11 Å². The van der Waals surface area contributed by atoms with Crippen LogP contribution in [-0.2, 0) is 9.53 Å². The fraction of sp³-hybridized carbons (Fsp3) is 0.238. The molecule has 0 bridgehead atoms. The van der Waals surface area contributed by atoms with Gasteiger partial charge in [0.1, 0.15) is 11.6 Å². The number of methoxy groups -OCH3 is 2. The third-order valence-corrected chi connectivity index (χ3v) is 5.05. The molecule has 28 heavy (non-hydrogen) atoms.